The number of ether oxygens (including phenoxy) is 2. The molecule has 25 heavy (non-hydrogen) atoms. The molecule has 1 aliphatic heterocycles. The number of hydrogen-bond acceptors (Lipinski definition) is 5. The third-order valence-corrected chi connectivity index (χ3v) is 4.62. The molecule has 0 radical (unpaired) electrons. The van der Waals surface area contributed by atoms with Crippen molar-refractivity contribution in [2.45, 2.75) is 31.7 Å². The predicted octanol–water partition coefficient (Wildman–Crippen LogP) is 1.07. The highest BCUT2D eigenvalue weighted by atomic mass is 16.5. The Bertz CT molecular complexity index is 713. The number of amides is 1. The summed E-state index contributed by atoms with van der Waals surface area (Å²) in [5.41, 5.74) is 6.62. The molecule has 2 heterocycles. The second-order valence-corrected chi connectivity index (χ2v) is 6.33. The Morgan fingerprint density at radius 1 is 1.36 bits per heavy atom. The van der Waals surface area contributed by atoms with Gasteiger partial charge >= 0.3 is 0 Å². The molecule has 1 aromatic heterocycles. The number of imidazole rings is 1. The minimum atomic E-state index is -0.297. The highest BCUT2D eigenvalue weighted by molar-refractivity contribution is 5.80. The normalized spacial score (nSPS) is 20.7. The molecular formula is C18H24N4O3. The Labute approximate surface area is 147 Å². The average molecular weight is 344 g/mol. The maximum absolute atomic E-state index is 11.6. The maximum Gasteiger partial charge on any atom is 0.234 e. The number of nitrogens with zero attached hydrogens (tertiary/aromatic N) is 3. The lowest BCUT2D eigenvalue weighted by Gasteiger charge is -2.21. The molecule has 2 atom stereocenters. The van der Waals surface area contributed by atoms with Crippen molar-refractivity contribution in [1.29, 1.82) is 0 Å². The van der Waals surface area contributed by atoms with Gasteiger partial charge in [-0.25, -0.2) is 4.98 Å². The SMILES string of the molecule is CO[C@H]1C[C@@H](C(N)=O)N(Cc2ccc(OCc3nccn3C)cc2)C1. The quantitative estimate of drug-likeness (QED) is 0.812. The summed E-state index contributed by atoms with van der Waals surface area (Å²) in [5.74, 6) is 1.36. The zero-order chi connectivity index (χ0) is 17.8. The number of hydrogen-bond donors (Lipinski definition) is 1. The van der Waals surface area contributed by atoms with Crippen molar-refractivity contribution in [3.8, 4) is 5.75 Å². The van der Waals surface area contributed by atoms with E-state index < -0.39 is 0 Å². The number of primary amides is 1. The van der Waals surface area contributed by atoms with Crippen LogP contribution in [0.1, 0.15) is 17.8 Å². The number of rotatable bonds is 7. The van der Waals surface area contributed by atoms with Gasteiger partial charge in [-0.15, -0.1) is 0 Å². The molecule has 7 nitrogen and oxygen atoms in total. The summed E-state index contributed by atoms with van der Waals surface area (Å²) in [6.07, 6.45) is 4.34. The fraction of sp³-hybridized carbons (Fsp3) is 0.444. The van der Waals surface area contributed by atoms with Crippen LogP contribution in [0.25, 0.3) is 0 Å². The van der Waals surface area contributed by atoms with Crippen molar-refractivity contribution in [1.82, 2.24) is 14.5 Å². The van der Waals surface area contributed by atoms with Crippen molar-refractivity contribution in [2.24, 2.45) is 12.8 Å². The molecule has 2 N–H and O–H groups in total. The zero-order valence-corrected chi connectivity index (χ0v) is 14.6. The molecule has 0 spiro atoms. The van der Waals surface area contributed by atoms with Crippen LogP contribution in [0, 0.1) is 0 Å². The van der Waals surface area contributed by atoms with E-state index in [1.807, 2.05) is 42.1 Å². The van der Waals surface area contributed by atoms with Crippen LogP contribution in [-0.2, 0) is 29.7 Å². The molecule has 1 amide bonds. The fourth-order valence-electron chi connectivity index (χ4n) is 3.11. The summed E-state index contributed by atoms with van der Waals surface area (Å²) >= 11 is 0. The van der Waals surface area contributed by atoms with Gasteiger partial charge in [-0.2, -0.15) is 0 Å². The monoisotopic (exact) mass is 344 g/mol. The van der Waals surface area contributed by atoms with Crippen LogP contribution in [0.3, 0.4) is 0 Å². The number of carbonyl (C=O) groups is 1. The van der Waals surface area contributed by atoms with E-state index in [2.05, 4.69) is 9.88 Å². The van der Waals surface area contributed by atoms with Gasteiger partial charge in [0, 0.05) is 39.6 Å². The van der Waals surface area contributed by atoms with E-state index in [9.17, 15) is 4.79 Å². The number of nitrogens with two attached hydrogens (primary N) is 1. The van der Waals surface area contributed by atoms with Crippen LogP contribution >= 0.6 is 0 Å². The van der Waals surface area contributed by atoms with Gasteiger partial charge in [0.25, 0.3) is 0 Å². The topological polar surface area (TPSA) is 82.6 Å². The molecule has 1 saturated heterocycles. The summed E-state index contributed by atoms with van der Waals surface area (Å²) in [6.45, 7) is 1.79. The van der Waals surface area contributed by atoms with Gasteiger partial charge in [-0.3, -0.25) is 9.69 Å². The third kappa shape index (κ3) is 4.18. The van der Waals surface area contributed by atoms with Crippen molar-refractivity contribution in [3.05, 3.63) is 48.0 Å². The van der Waals surface area contributed by atoms with E-state index in [4.69, 9.17) is 15.2 Å². The van der Waals surface area contributed by atoms with Gasteiger partial charge in [0.05, 0.1) is 12.1 Å². The van der Waals surface area contributed by atoms with E-state index in [1.165, 1.54) is 0 Å². The highest BCUT2D eigenvalue weighted by Crippen LogP contribution is 2.23. The first kappa shape index (κ1) is 17.4. The molecular weight excluding hydrogens is 320 g/mol. The number of aryl methyl sites for hydroxylation is 1. The van der Waals surface area contributed by atoms with Gasteiger partial charge in [0.15, 0.2) is 0 Å². The Balaban J connectivity index is 1.58. The first-order valence-corrected chi connectivity index (χ1v) is 8.31. The molecule has 3 rings (SSSR count). The molecule has 0 saturated carbocycles. The van der Waals surface area contributed by atoms with Crippen LogP contribution in [-0.4, -0.2) is 46.2 Å². The molecule has 7 heteroatoms. The molecule has 1 aromatic carbocycles. The Morgan fingerprint density at radius 3 is 2.72 bits per heavy atom. The Hall–Kier alpha value is -2.38. The van der Waals surface area contributed by atoms with E-state index in [0.717, 1.165) is 17.1 Å². The summed E-state index contributed by atoms with van der Waals surface area (Å²) in [6, 6.07) is 7.60. The number of likely N-dealkylation sites (tertiary alicyclic amines) is 1. The van der Waals surface area contributed by atoms with Crippen LogP contribution in [0.5, 0.6) is 5.75 Å². The Kier molecular flexibility index (Phi) is 5.35. The van der Waals surface area contributed by atoms with Gasteiger partial charge in [0.1, 0.15) is 18.2 Å². The van der Waals surface area contributed by atoms with E-state index in [0.29, 0.717) is 26.1 Å². The summed E-state index contributed by atoms with van der Waals surface area (Å²) in [7, 11) is 3.60. The highest BCUT2D eigenvalue weighted by Gasteiger charge is 2.35. The molecule has 0 aliphatic carbocycles. The fourth-order valence-corrected chi connectivity index (χ4v) is 3.11. The van der Waals surface area contributed by atoms with Crippen LogP contribution in [0.15, 0.2) is 36.7 Å². The lowest BCUT2D eigenvalue weighted by molar-refractivity contribution is -0.122. The largest absolute Gasteiger partial charge is 0.486 e. The predicted molar refractivity (Wildman–Crippen MR) is 92.8 cm³/mol. The van der Waals surface area contributed by atoms with E-state index >= 15 is 0 Å². The number of methoxy groups -OCH3 is 1. The molecule has 1 aliphatic rings. The first-order valence-electron chi connectivity index (χ1n) is 8.31. The molecule has 134 valence electrons. The minimum Gasteiger partial charge on any atom is -0.486 e. The van der Waals surface area contributed by atoms with Gasteiger partial charge in [-0.1, -0.05) is 12.1 Å². The van der Waals surface area contributed by atoms with E-state index in [1.54, 1.807) is 13.3 Å². The average Bonchev–Trinajstić information content (AvgIpc) is 3.20. The third-order valence-electron chi connectivity index (χ3n) is 4.62. The molecule has 0 unspecified atom stereocenters. The van der Waals surface area contributed by atoms with Crippen LogP contribution < -0.4 is 10.5 Å². The zero-order valence-electron chi connectivity index (χ0n) is 14.6. The summed E-state index contributed by atoms with van der Waals surface area (Å²) in [5, 5.41) is 0. The lowest BCUT2D eigenvalue weighted by atomic mass is 10.1. The van der Waals surface area contributed by atoms with Crippen LogP contribution in [0.2, 0.25) is 0 Å². The number of benzene rings is 1. The van der Waals surface area contributed by atoms with Gasteiger partial charge in [-0.05, 0) is 24.1 Å². The maximum atomic E-state index is 11.6. The number of aromatic nitrogens is 2. The second-order valence-electron chi connectivity index (χ2n) is 6.33. The minimum absolute atomic E-state index is 0.0536. The second kappa shape index (κ2) is 7.67. The van der Waals surface area contributed by atoms with E-state index in [-0.39, 0.29) is 18.1 Å². The van der Waals surface area contributed by atoms with Gasteiger partial charge in [0.2, 0.25) is 5.91 Å². The first-order chi connectivity index (χ1) is 12.1. The van der Waals surface area contributed by atoms with Crippen molar-refractivity contribution in [2.75, 3.05) is 13.7 Å². The number of carbonyl (C=O) groups excluding carboxylic acids is 1. The van der Waals surface area contributed by atoms with Gasteiger partial charge < -0.3 is 19.8 Å². The molecule has 0 bridgehead atoms. The smallest absolute Gasteiger partial charge is 0.234 e. The molecule has 1 fully saturated rings. The lowest BCUT2D eigenvalue weighted by Crippen LogP contribution is -2.39. The van der Waals surface area contributed by atoms with Crippen molar-refractivity contribution < 1.29 is 14.3 Å². The van der Waals surface area contributed by atoms with Crippen LogP contribution in [0.4, 0.5) is 0 Å². The molecule has 2 aromatic rings. The van der Waals surface area contributed by atoms with Crippen molar-refractivity contribution in [3.63, 3.8) is 0 Å². The standard InChI is InChI=1S/C18H24N4O3/c1-21-8-7-20-17(21)12-25-14-5-3-13(4-6-14)10-22-11-15(24-2)9-16(22)18(19)23/h3-8,15-16H,9-12H2,1-2H3,(H2,19,23)/t15-,16-/m0/s1. The van der Waals surface area contributed by atoms with Crippen molar-refractivity contribution >= 4 is 5.91 Å². The summed E-state index contributed by atoms with van der Waals surface area (Å²) in [4.78, 5) is 17.9. The summed E-state index contributed by atoms with van der Waals surface area (Å²) < 4.78 is 13.1. The Morgan fingerprint density at radius 2 is 2.12 bits per heavy atom.